The third-order valence-corrected chi connectivity index (χ3v) is 7.87. The maximum absolute atomic E-state index is 13.6. The average molecular weight is 645 g/mol. The van der Waals surface area contributed by atoms with Gasteiger partial charge in [-0.2, -0.15) is 26.3 Å². The van der Waals surface area contributed by atoms with E-state index in [1.54, 1.807) is 6.92 Å². The zero-order valence-corrected chi connectivity index (χ0v) is 26.1. The minimum atomic E-state index is -5.01. The largest absolute Gasteiger partial charge is 0.450 e. The SMILES string of the molecule is C/C=c1/cc(CN(Cc2cc(C(F)(F)F)cc(C(F)(F)F)c2)C(=S)NC(=O)OCC)c(N(CC)CC2CCCC2)n/c1=C/C. The van der Waals surface area contributed by atoms with Crippen molar-refractivity contribution in [1.82, 2.24) is 15.2 Å². The van der Waals surface area contributed by atoms with Crippen molar-refractivity contribution in [3.05, 3.63) is 57.1 Å². The van der Waals surface area contributed by atoms with Gasteiger partial charge in [-0.3, -0.25) is 5.32 Å². The number of hydrogen-bond donors (Lipinski definition) is 1. The van der Waals surface area contributed by atoms with Gasteiger partial charge in [-0.1, -0.05) is 25.0 Å². The molecule has 0 radical (unpaired) electrons. The number of ether oxygens (including phenoxy) is 1. The van der Waals surface area contributed by atoms with Crippen LogP contribution in [0, 0.1) is 5.92 Å². The van der Waals surface area contributed by atoms with Gasteiger partial charge in [0.25, 0.3) is 0 Å². The van der Waals surface area contributed by atoms with Gasteiger partial charge in [-0.05, 0) is 93.7 Å². The zero-order chi connectivity index (χ0) is 32.7. The Morgan fingerprint density at radius 1 is 1.00 bits per heavy atom. The molecule has 1 aliphatic carbocycles. The predicted octanol–water partition coefficient (Wildman–Crippen LogP) is 6.77. The van der Waals surface area contributed by atoms with Crippen LogP contribution in [-0.2, 0) is 30.2 Å². The molecule has 1 aromatic carbocycles. The van der Waals surface area contributed by atoms with Crippen LogP contribution in [0.3, 0.4) is 0 Å². The van der Waals surface area contributed by atoms with Crippen LogP contribution < -0.4 is 20.8 Å². The van der Waals surface area contributed by atoms with Crippen LogP contribution in [0.15, 0.2) is 24.3 Å². The van der Waals surface area contributed by atoms with E-state index in [0.717, 1.165) is 42.8 Å². The first-order chi connectivity index (χ1) is 20.7. The van der Waals surface area contributed by atoms with Crippen LogP contribution in [0.1, 0.15) is 75.6 Å². The van der Waals surface area contributed by atoms with Crippen LogP contribution in [0.5, 0.6) is 0 Å². The van der Waals surface area contributed by atoms with Crippen molar-refractivity contribution in [1.29, 1.82) is 0 Å². The molecule has 44 heavy (non-hydrogen) atoms. The summed E-state index contributed by atoms with van der Waals surface area (Å²) >= 11 is 5.46. The molecule has 2 aromatic rings. The van der Waals surface area contributed by atoms with Gasteiger partial charge in [0, 0.05) is 31.7 Å². The zero-order valence-electron chi connectivity index (χ0n) is 25.2. The number of aromatic nitrogens is 1. The van der Waals surface area contributed by atoms with E-state index in [2.05, 4.69) is 10.2 Å². The lowest BCUT2D eigenvalue weighted by molar-refractivity contribution is -0.143. The van der Waals surface area contributed by atoms with Crippen LogP contribution in [0.2, 0.25) is 0 Å². The lowest BCUT2D eigenvalue weighted by Crippen LogP contribution is -2.43. The molecule has 6 nitrogen and oxygen atoms in total. The highest BCUT2D eigenvalue weighted by atomic mass is 32.1. The number of anilines is 1. The molecule has 0 spiro atoms. The van der Waals surface area contributed by atoms with Crippen molar-refractivity contribution in [2.75, 3.05) is 24.6 Å². The van der Waals surface area contributed by atoms with E-state index in [1.807, 2.05) is 39.0 Å². The third kappa shape index (κ3) is 9.33. The van der Waals surface area contributed by atoms with E-state index in [1.165, 1.54) is 4.90 Å². The standard InChI is InChI=1S/C31H38F6N4O2S/c1-5-22-15-23(27(38-26(22)6-2)40(7-3)17-20-11-9-10-12-20)19-41(28(44)39-29(42)43-8-4)18-21-13-24(30(32,33)34)16-25(14-21)31(35,36)37/h5-6,13-16,20H,7-12,17-19H2,1-4H3,(H,39,42,44)/b22-5-,26-6+. The summed E-state index contributed by atoms with van der Waals surface area (Å²) in [5.74, 6) is 1.12. The lowest BCUT2D eigenvalue weighted by Gasteiger charge is -2.31. The molecule has 0 unspecified atom stereocenters. The van der Waals surface area contributed by atoms with E-state index in [0.29, 0.717) is 36.0 Å². The third-order valence-electron chi connectivity index (χ3n) is 7.51. The molecular formula is C31H38F6N4O2S. The molecule has 0 aliphatic heterocycles. The minimum Gasteiger partial charge on any atom is -0.450 e. The summed E-state index contributed by atoms with van der Waals surface area (Å²) in [7, 11) is 0. The quantitative estimate of drug-likeness (QED) is 0.240. The number of rotatable bonds is 9. The Labute approximate surface area is 258 Å². The molecule has 0 atom stereocenters. The number of halogens is 6. The number of benzene rings is 1. The van der Waals surface area contributed by atoms with Gasteiger partial charge in [0.1, 0.15) is 5.82 Å². The molecule has 3 rings (SSSR count). The summed E-state index contributed by atoms with van der Waals surface area (Å²) in [6, 6.07) is 3.29. The maximum atomic E-state index is 13.6. The second-order valence-electron chi connectivity index (χ2n) is 10.6. The monoisotopic (exact) mass is 644 g/mol. The van der Waals surface area contributed by atoms with E-state index in [4.69, 9.17) is 21.9 Å². The highest BCUT2D eigenvalue weighted by Crippen LogP contribution is 2.37. The Bertz CT molecular complexity index is 1410. The molecule has 1 N–H and O–H groups in total. The van der Waals surface area contributed by atoms with Crippen LogP contribution in [0.25, 0.3) is 12.2 Å². The van der Waals surface area contributed by atoms with E-state index in [-0.39, 0.29) is 29.9 Å². The Morgan fingerprint density at radius 2 is 1.61 bits per heavy atom. The summed E-state index contributed by atoms with van der Waals surface area (Å²) < 4.78 is 86.7. The number of carbonyl (C=O) groups excluding carboxylic acids is 1. The Hall–Kier alpha value is -3.35. The molecular weight excluding hydrogens is 606 g/mol. The minimum absolute atomic E-state index is 0.0301. The number of nitrogens with one attached hydrogen (secondary N) is 1. The van der Waals surface area contributed by atoms with E-state index >= 15 is 0 Å². The Kier molecular flexibility index (Phi) is 12.0. The number of alkyl carbamates (subject to hydrolysis) is 1. The van der Waals surface area contributed by atoms with Crippen molar-refractivity contribution >= 4 is 41.4 Å². The second-order valence-corrected chi connectivity index (χ2v) is 11.0. The smallest absolute Gasteiger partial charge is 0.416 e. The first-order valence-corrected chi connectivity index (χ1v) is 15.0. The average Bonchev–Trinajstić information content (AvgIpc) is 3.47. The number of thiocarbonyl (C=S) groups is 1. The highest BCUT2D eigenvalue weighted by Gasteiger charge is 2.37. The van der Waals surface area contributed by atoms with Gasteiger partial charge < -0.3 is 14.5 Å². The number of carbonyl (C=O) groups is 1. The summed E-state index contributed by atoms with van der Waals surface area (Å²) in [6.45, 7) is 8.18. The van der Waals surface area contributed by atoms with Crippen molar-refractivity contribution in [2.24, 2.45) is 5.92 Å². The van der Waals surface area contributed by atoms with E-state index < -0.39 is 36.1 Å². The van der Waals surface area contributed by atoms with Crippen LogP contribution in [-0.4, -0.2) is 40.8 Å². The number of nitrogens with zero attached hydrogens (tertiary/aromatic N) is 3. The maximum Gasteiger partial charge on any atom is 0.416 e. The molecule has 1 saturated carbocycles. The Morgan fingerprint density at radius 3 is 2.11 bits per heavy atom. The fraction of sp³-hybridized carbons (Fsp3) is 0.516. The van der Waals surface area contributed by atoms with Gasteiger partial charge in [-0.15, -0.1) is 0 Å². The van der Waals surface area contributed by atoms with Crippen molar-refractivity contribution in [2.45, 2.75) is 78.8 Å². The fourth-order valence-electron chi connectivity index (χ4n) is 5.37. The van der Waals surface area contributed by atoms with Gasteiger partial charge in [-0.25, -0.2) is 9.78 Å². The molecule has 0 saturated heterocycles. The van der Waals surface area contributed by atoms with Gasteiger partial charge in [0.05, 0.1) is 23.1 Å². The van der Waals surface area contributed by atoms with Crippen LogP contribution >= 0.6 is 12.2 Å². The summed E-state index contributed by atoms with van der Waals surface area (Å²) in [5.41, 5.74) is -2.50. The first-order valence-electron chi connectivity index (χ1n) is 14.6. The summed E-state index contributed by atoms with van der Waals surface area (Å²) in [4.78, 5) is 20.7. The molecule has 1 aliphatic rings. The number of amides is 1. The van der Waals surface area contributed by atoms with Crippen molar-refractivity contribution in [3.63, 3.8) is 0 Å². The van der Waals surface area contributed by atoms with Gasteiger partial charge >= 0.3 is 18.4 Å². The summed E-state index contributed by atoms with van der Waals surface area (Å²) in [6.07, 6.45) is -2.69. The van der Waals surface area contributed by atoms with Gasteiger partial charge in [0.2, 0.25) is 0 Å². The summed E-state index contributed by atoms with van der Waals surface area (Å²) in [5, 5.41) is 3.71. The normalized spacial score (nSPS) is 15.0. The Balaban J connectivity index is 2.14. The predicted molar refractivity (Wildman–Crippen MR) is 162 cm³/mol. The number of pyridine rings is 1. The molecule has 0 bridgehead atoms. The fourth-order valence-corrected chi connectivity index (χ4v) is 5.58. The van der Waals surface area contributed by atoms with Crippen LogP contribution in [0.4, 0.5) is 37.0 Å². The lowest BCUT2D eigenvalue weighted by atomic mass is 10.0. The number of alkyl halides is 6. The molecule has 1 fully saturated rings. The molecule has 242 valence electrons. The first kappa shape index (κ1) is 35.1. The molecule has 1 aromatic heterocycles. The molecule has 1 heterocycles. The number of hydrogen-bond acceptors (Lipinski definition) is 5. The van der Waals surface area contributed by atoms with Crippen molar-refractivity contribution in [3.8, 4) is 0 Å². The highest BCUT2D eigenvalue weighted by molar-refractivity contribution is 7.80. The second kappa shape index (κ2) is 15.1. The van der Waals surface area contributed by atoms with Gasteiger partial charge in [0.15, 0.2) is 5.11 Å². The van der Waals surface area contributed by atoms with E-state index in [9.17, 15) is 31.1 Å². The topological polar surface area (TPSA) is 57.7 Å². The van der Waals surface area contributed by atoms with Crippen molar-refractivity contribution < 1.29 is 35.9 Å². The molecule has 1 amide bonds. The molecule has 13 heteroatoms.